The van der Waals surface area contributed by atoms with Gasteiger partial charge < -0.3 is 5.32 Å². The number of carbonyl (C=O) groups is 1. The minimum atomic E-state index is -3.28. The van der Waals surface area contributed by atoms with Gasteiger partial charge in [-0.15, -0.1) is 0 Å². The van der Waals surface area contributed by atoms with Crippen LogP contribution in [-0.4, -0.2) is 36.6 Å². The average Bonchev–Trinajstić information content (AvgIpc) is 2.56. The Balaban J connectivity index is 2.08. The van der Waals surface area contributed by atoms with E-state index in [0.717, 1.165) is 11.8 Å². The first kappa shape index (κ1) is 14.7. The van der Waals surface area contributed by atoms with E-state index in [2.05, 4.69) is 10.0 Å². The van der Waals surface area contributed by atoms with E-state index in [9.17, 15) is 13.2 Å². The fourth-order valence-electron chi connectivity index (χ4n) is 1.88. The number of hydrogen-bond donors (Lipinski definition) is 2. The molecule has 0 unspecified atom stereocenters. The van der Waals surface area contributed by atoms with Gasteiger partial charge in [-0.3, -0.25) is 14.4 Å². The Morgan fingerprint density at radius 1 is 1.35 bits per heavy atom. The lowest BCUT2D eigenvalue weighted by atomic mass is 10.2. The number of thiocarbonyl (C=S) groups is 1. The van der Waals surface area contributed by atoms with Gasteiger partial charge in [-0.2, -0.15) is 0 Å². The van der Waals surface area contributed by atoms with E-state index in [4.69, 9.17) is 12.2 Å². The molecule has 0 radical (unpaired) electrons. The molecule has 1 fully saturated rings. The van der Waals surface area contributed by atoms with Crippen molar-refractivity contribution in [3.63, 3.8) is 0 Å². The summed E-state index contributed by atoms with van der Waals surface area (Å²) < 4.78 is 24.6. The maximum Gasteiger partial charge on any atom is 0.251 e. The van der Waals surface area contributed by atoms with Crippen molar-refractivity contribution in [2.24, 2.45) is 0 Å². The smallest absolute Gasteiger partial charge is 0.251 e. The zero-order valence-electron chi connectivity index (χ0n) is 11.1. The van der Waals surface area contributed by atoms with Crippen molar-refractivity contribution in [2.75, 3.05) is 11.0 Å². The van der Waals surface area contributed by atoms with Crippen LogP contribution in [0.5, 0.6) is 0 Å². The quantitative estimate of drug-likeness (QED) is 0.799. The summed E-state index contributed by atoms with van der Waals surface area (Å²) in [6.45, 7) is 2.13. The zero-order chi connectivity index (χ0) is 14.9. The van der Waals surface area contributed by atoms with Crippen LogP contribution >= 0.6 is 12.2 Å². The molecular formula is C12H15N3O3S2. The van der Waals surface area contributed by atoms with Gasteiger partial charge in [0, 0.05) is 5.69 Å². The lowest BCUT2D eigenvalue weighted by molar-refractivity contribution is -0.127. The van der Waals surface area contributed by atoms with Crippen molar-refractivity contribution in [1.29, 1.82) is 0 Å². The van der Waals surface area contributed by atoms with Gasteiger partial charge in [0.25, 0.3) is 5.91 Å². The Bertz CT molecular complexity index is 640. The molecule has 1 atom stereocenters. The number of amides is 1. The van der Waals surface area contributed by atoms with Crippen LogP contribution in [0.2, 0.25) is 0 Å². The molecule has 6 nitrogen and oxygen atoms in total. The summed E-state index contributed by atoms with van der Waals surface area (Å²) in [6, 6.07) is 6.51. The molecule has 1 aliphatic rings. The van der Waals surface area contributed by atoms with Crippen molar-refractivity contribution in [3.05, 3.63) is 29.8 Å². The number of anilines is 1. The molecule has 20 heavy (non-hydrogen) atoms. The van der Waals surface area contributed by atoms with E-state index >= 15 is 0 Å². The summed E-state index contributed by atoms with van der Waals surface area (Å²) in [5.74, 6) is -0.0617. The Labute approximate surface area is 123 Å². The second-order valence-corrected chi connectivity index (χ2v) is 6.80. The van der Waals surface area contributed by atoms with E-state index in [1.54, 1.807) is 31.2 Å². The van der Waals surface area contributed by atoms with Crippen LogP contribution in [0.15, 0.2) is 24.3 Å². The first-order valence-electron chi connectivity index (χ1n) is 5.95. The van der Waals surface area contributed by atoms with Gasteiger partial charge in [0.05, 0.1) is 12.8 Å². The highest BCUT2D eigenvalue weighted by Gasteiger charge is 2.31. The maximum atomic E-state index is 11.9. The molecule has 1 saturated heterocycles. The molecule has 1 heterocycles. The molecular weight excluding hydrogens is 298 g/mol. The maximum absolute atomic E-state index is 11.9. The average molecular weight is 313 g/mol. The Hall–Kier alpha value is -1.67. The van der Waals surface area contributed by atoms with Gasteiger partial charge in [-0.25, -0.2) is 8.42 Å². The van der Waals surface area contributed by atoms with E-state index < -0.39 is 10.0 Å². The van der Waals surface area contributed by atoms with Crippen LogP contribution in [0, 0.1) is 0 Å². The van der Waals surface area contributed by atoms with Gasteiger partial charge in [-0.1, -0.05) is 12.1 Å². The van der Waals surface area contributed by atoms with Crippen LogP contribution < -0.4 is 10.0 Å². The second-order valence-electron chi connectivity index (χ2n) is 4.67. The molecule has 2 rings (SSSR count). The summed E-state index contributed by atoms with van der Waals surface area (Å²) in [5, 5.41) is 3.31. The summed E-state index contributed by atoms with van der Waals surface area (Å²) in [6.07, 6.45) is 1.09. The largest absolute Gasteiger partial charge is 0.351 e. The molecule has 1 aromatic rings. The Morgan fingerprint density at radius 2 is 1.95 bits per heavy atom. The minimum absolute atomic E-state index is 0.0617. The zero-order valence-corrected chi connectivity index (χ0v) is 12.7. The van der Waals surface area contributed by atoms with Crippen molar-refractivity contribution in [2.45, 2.75) is 19.5 Å². The van der Waals surface area contributed by atoms with E-state index in [1.807, 2.05) is 0 Å². The molecule has 0 spiro atoms. The highest BCUT2D eigenvalue weighted by atomic mass is 32.2. The van der Waals surface area contributed by atoms with Crippen molar-refractivity contribution < 1.29 is 13.2 Å². The summed E-state index contributed by atoms with van der Waals surface area (Å²) in [5.41, 5.74) is 1.36. The summed E-state index contributed by atoms with van der Waals surface area (Å²) in [7, 11) is -3.28. The van der Waals surface area contributed by atoms with Crippen molar-refractivity contribution in [3.8, 4) is 0 Å². The molecule has 0 bridgehead atoms. The topological polar surface area (TPSA) is 78.5 Å². The predicted molar refractivity (Wildman–Crippen MR) is 80.7 cm³/mol. The van der Waals surface area contributed by atoms with Crippen LogP contribution in [0.3, 0.4) is 0 Å². The Morgan fingerprint density at radius 3 is 2.40 bits per heavy atom. The first-order valence-corrected chi connectivity index (χ1v) is 8.25. The fraction of sp³-hybridized carbons (Fsp3) is 0.333. The van der Waals surface area contributed by atoms with Gasteiger partial charge in [0.1, 0.15) is 6.04 Å². The van der Waals surface area contributed by atoms with Crippen LogP contribution in [0.25, 0.3) is 0 Å². The molecule has 8 heteroatoms. The molecule has 0 saturated carbocycles. The van der Waals surface area contributed by atoms with Gasteiger partial charge in [0.15, 0.2) is 5.11 Å². The third-order valence-electron chi connectivity index (χ3n) is 2.82. The lowest BCUT2D eigenvalue weighted by Crippen LogP contribution is -2.30. The molecule has 1 aliphatic heterocycles. The highest BCUT2D eigenvalue weighted by Crippen LogP contribution is 2.15. The van der Waals surface area contributed by atoms with Crippen LogP contribution in [0.4, 0.5) is 5.69 Å². The van der Waals surface area contributed by atoms with Crippen molar-refractivity contribution >= 4 is 38.9 Å². The number of sulfonamides is 1. The van der Waals surface area contributed by atoms with E-state index in [1.165, 1.54) is 4.90 Å². The van der Waals surface area contributed by atoms with Crippen LogP contribution in [-0.2, 0) is 21.4 Å². The summed E-state index contributed by atoms with van der Waals surface area (Å²) >= 11 is 5.09. The third-order valence-corrected chi connectivity index (χ3v) is 3.76. The number of nitrogens with zero attached hydrogens (tertiary/aromatic N) is 1. The highest BCUT2D eigenvalue weighted by molar-refractivity contribution is 7.92. The molecule has 0 aromatic heterocycles. The number of nitrogens with one attached hydrogen (secondary N) is 2. The number of hydrogen-bond acceptors (Lipinski definition) is 4. The lowest BCUT2D eigenvalue weighted by Gasteiger charge is -2.15. The van der Waals surface area contributed by atoms with E-state index in [-0.39, 0.29) is 11.9 Å². The standard InChI is InChI=1S/C12H15N3O3S2/c1-8-11(16)15(12(19)13-8)7-9-3-5-10(6-4-9)14-20(2,17)18/h3-6,8,14H,7H2,1-2H3,(H,13,19)/t8-/m1/s1. The first-order chi connectivity index (χ1) is 9.26. The van der Waals surface area contributed by atoms with Gasteiger partial charge >= 0.3 is 0 Å². The van der Waals surface area contributed by atoms with Crippen molar-refractivity contribution in [1.82, 2.24) is 10.2 Å². The van der Waals surface area contributed by atoms with Crippen LogP contribution in [0.1, 0.15) is 12.5 Å². The number of carbonyl (C=O) groups excluding carboxylic acids is 1. The number of rotatable bonds is 4. The van der Waals surface area contributed by atoms with Gasteiger partial charge in [-0.05, 0) is 36.8 Å². The second kappa shape index (κ2) is 5.37. The monoisotopic (exact) mass is 313 g/mol. The SMILES string of the molecule is C[C@H]1NC(=S)N(Cc2ccc(NS(C)(=O)=O)cc2)C1=O. The van der Waals surface area contributed by atoms with Gasteiger partial charge in [0.2, 0.25) is 10.0 Å². The predicted octanol–water partition coefficient (Wildman–Crippen LogP) is 0.663. The minimum Gasteiger partial charge on any atom is -0.351 e. The van der Waals surface area contributed by atoms with E-state index in [0.29, 0.717) is 17.3 Å². The Kier molecular flexibility index (Phi) is 3.96. The molecule has 1 aromatic carbocycles. The fourth-order valence-corrected chi connectivity index (χ4v) is 2.78. The molecule has 2 N–H and O–H groups in total. The molecule has 1 amide bonds. The summed E-state index contributed by atoms with van der Waals surface area (Å²) in [4.78, 5) is 13.4. The number of benzene rings is 1. The normalized spacial score (nSPS) is 19.1. The molecule has 108 valence electrons. The molecule has 0 aliphatic carbocycles. The third kappa shape index (κ3) is 3.45.